The topological polar surface area (TPSA) is 78.4 Å². The number of carboxylic acids is 1. The lowest BCUT2D eigenvalue weighted by atomic mass is 10.2. The number of hydrogen-bond donors (Lipinski definition) is 3. The van der Waals surface area contributed by atoms with Crippen LogP contribution in [-0.2, 0) is 4.79 Å². The van der Waals surface area contributed by atoms with E-state index in [2.05, 4.69) is 16.6 Å². The van der Waals surface area contributed by atoms with Gasteiger partial charge in [0.25, 0.3) is 0 Å². The maximum Gasteiger partial charge on any atom is 0.325 e. The second kappa shape index (κ2) is 5.86. The van der Waals surface area contributed by atoms with E-state index in [4.69, 9.17) is 11.5 Å². The van der Waals surface area contributed by atoms with Gasteiger partial charge in [-0.15, -0.1) is 12.3 Å². The number of urea groups is 1. The van der Waals surface area contributed by atoms with Crippen molar-refractivity contribution in [1.82, 2.24) is 10.6 Å². The zero-order valence-corrected chi connectivity index (χ0v) is 8.20. The second-order valence-electron chi connectivity index (χ2n) is 2.99. The zero-order chi connectivity index (χ0) is 11.1. The van der Waals surface area contributed by atoms with Crippen molar-refractivity contribution in [1.29, 1.82) is 0 Å². The molecule has 0 aliphatic heterocycles. The molecule has 0 aliphatic carbocycles. The fourth-order valence-corrected chi connectivity index (χ4v) is 0.752. The molecular weight excluding hydrogens is 184 g/mol. The summed E-state index contributed by atoms with van der Waals surface area (Å²) in [7, 11) is 0. The Morgan fingerprint density at radius 3 is 2.43 bits per heavy atom. The Labute approximate surface area is 82.9 Å². The lowest BCUT2D eigenvalue weighted by Gasteiger charge is -2.14. The number of carbonyl (C=O) groups is 2. The van der Waals surface area contributed by atoms with Gasteiger partial charge in [0.2, 0.25) is 0 Å². The van der Waals surface area contributed by atoms with Crippen molar-refractivity contribution in [2.24, 2.45) is 0 Å². The van der Waals surface area contributed by atoms with Crippen LogP contribution in [0.4, 0.5) is 4.79 Å². The van der Waals surface area contributed by atoms with E-state index in [1.807, 2.05) is 0 Å². The van der Waals surface area contributed by atoms with Crippen LogP contribution in [0.3, 0.4) is 0 Å². The molecule has 5 heteroatoms. The first kappa shape index (κ1) is 12.3. The van der Waals surface area contributed by atoms with Crippen molar-refractivity contribution in [2.45, 2.75) is 32.4 Å². The van der Waals surface area contributed by atoms with Gasteiger partial charge in [-0.25, -0.2) is 4.79 Å². The lowest BCUT2D eigenvalue weighted by molar-refractivity contribution is -0.138. The van der Waals surface area contributed by atoms with E-state index >= 15 is 0 Å². The molecule has 78 valence electrons. The summed E-state index contributed by atoms with van der Waals surface area (Å²) in [4.78, 5) is 21.5. The molecule has 2 atom stereocenters. The van der Waals surface area contributed by atoms with Gasteiger partial charge in [-0.1, -0.05) is 0 Å². The van der Waals surface area contributed by atoms with Crippen LogP contribution in [-0.4, -0.2) is 29.2 Å². The fraction of sp³-hybridized carbons (Fsp3) is 0.556. The zero-order valence-electron chi connectivity index (χ0n) is 8.20. The molecule has 0 aromatic carbocycles. The molecule has 0 fully saturated rings. The van der Waals surface area contributed by atoms with Gasteiger partial charge in [0.05, 0.1) is 0 Å². The second-order valence-corrected chi connectivity index (χ2v) is 2.99. The molecule has 0 spiro atoms. The van der Waals surface area contributed by atoms with E-state index in [0.717, 1.165) is 0 Å². The van der Waals surface area contributed by atoms with E-state index in [9.17, 15) is 9.59 Å². The third-order valence-corrected chi connectivity index (χ3v) is 1.52. The average Bonchev–Trinajstić information content (AvgIpc) is 2.03. The molecular formula is C9H14N2O3. The molecule has 0 aliphatic rings. The molecule has 0 heterocycles. The molecule has 0 rings (SSSR count). The SMILES string of the molecule is C#CCC(C)NC(=O)NC(C)C(=O)O. The minimum atomic E-state index is -1.08. The summed E-state index contributed by atoms with van der Waals surface area (Å²) < 4.78 is 0. The summed E-state index contributed by atoms with van der Waals surface area (Å²) in [6, 6.07) is -1.60. The normalized spacial score (nSPS) is 13.5. The highest BCUT2D eigenvalue weighted by molar-refractivity contribution is 5.82. The van der Waals surface area contributed by atoms with Crippen LogP contribution in [0.25, 0.3) is 0 Å². The number of aliphatic carboxylic acids is 1. The van der Waals surface area contributed by atoms with Crippen LogP contribution in [0, 0.1) is 12.3 Å². The Hall–Kier alpha value is -1.70. The Morgan fingerprint density at radius 2 is 2.00 bits per heavy atom. The molecule has 0 radical (unpaired) electrons. The number of carboxylic acid groups (broad SMARTS) is 1. The van der Waals surface area contributed by atoms with Gasteiger partial charge < -0.3 is 15.7 Å². The molecule has 0 saturated heterocycles. The molecule has 0 saturated carbocycles. The van der Waals surface area contributed by atoms with Crippen LogP contribution >= 0.6 is 0 Å². The van der Waals surface area contributed by atoms with Gasteiger partial charge in [0.1, 0.15) is 6.04 Å². The maximum atomic E-state index is 11.1. The third-order valence-electron chi connectivity index (χ3n) is 1.52. The molecule has 5 nitrogen and oxygen atoms in total. The lowest BCUT2D eigenvalue weighted by Crippen LogP contribution is -2.47. The molecule has 0 bridgehead atoms. The Balaban J connectivity index is 3.87. The van der Waals surface area contributed by atoms with E-state index in [-0.39, 0.29) is 6.04 Å². The minimum absolute atomic E-state index is 0.166. The largest absolute Gasteiger partial charge is 0.480 e. The van der Waals surface area contributed by atoms with Crippen LogP contribution in [0.5, 0.6) is 0 Å². The van der Waals surface area contributed by atoms with Gasteiger partial charge in [-0.3, -0.25) is 4.79 Å². The highest BCUT2D eigenvalue weighted by Gasteiger charge is 2.14. The maximum absolute atomic E-state index is 11.1. The van der Waals surface area contributed by atoms with Crippen LogP contribution in [0.2, 0.25) is 0 Å². The molecule has 2 unspecified atom stereocenters. The van der Waals surface area contributed by atoms with E-state index < -0.39 is 18.0 Å². The van der Waals surface area contributed by atoms with Crippen molar-refractivity contribution in [3.63, 3.8) is 0 Å². The number of hydrogen-bond acceptors (Lipinski definition) is 2. The standard InChI is InChI=1S/C9H14N2O3/c1-4-5-6(2)10-9(14)11-7(3)8(12)13/h1,6-7H,5H2,2-3H3,(H,12,13)(H2,10,11,14). The van der Waals surface area contributed by atoms with Gasteiger partial charge >= 0.3 is 12.0 Å². The van der Waals surface area contributed by atoms with Gasteiger partial charge in [-0.05, 0) is 13.8 Å². The first-order valence-electron chi connectivity index (χ1n) is 4.20. The summed E-state index contributed by atoms with van der Waals surface area (Å²) in [5, 5.41) is 13.3. The van der Waals surface area contributed by atoms with Crippen LogP contribution < -0.4 is 10.6 Å². The Bertz CT molecular complexity index is 257. The monoisotopic (exact) mass is 198 g/mol. The molecule has 0 aromatic heterocycles. The molecule has 3 N–H and O–H groups in total. The smallest absolute Gasteiger partial charge is 0.325 e. The highest BCUT2D eigenvalue weighted by Crippen LogP contribution is 1.88. The van der Waals surface area contributed by atoms with Crippen molar-refractivity contribution >= 4 is 12.0 Å². The first-order valence-corrected chi connectivity index (χ1v) is 4.20. The average molecular weight is 198 g/mol. The third kappa shape index (κ3) is 5.04. The van der Waals surface area contributed by atoms with Gasteiger partial charge in [0, 0.05) is 12.5 Å². The van der Waals surface area contributed by atoms with Gasteiger partial charge in [-0.2, -0.15) is 0 Å². The summed E-state index contributed by atoms with van der Waals surface area (Å²) in [5.74, 6) is 1.31. The quantitative estimate of drug-likeness (QED) is 0.563. The number of nitrogens with one attached hydrogen (secondary N) is 2. The Morgan fingerprint density at radius 1 is 1.43 bits per heavy atom. The summed E-state index contributed by atoms with van der Waals surface area (Å²) in [6.07, 6.45) is 5.45. The number of rotatable bonds is 4. The van der Waals surface area contributed by atoms with Crippen molar-refractivity contribution in [2.75, 3.05) is 0 Å². The summed E-state index contributed by atoms with van der Waals surface area (Å²) in [5.41, 5.74) is 0. The van der Waals surface area contributed by atoms with Crippen LogP contribution in [0.1, 0.15) is 20.3 Å². The van der Waals surface area contributed by atoms with Crippen molar-refractivity contribution < 1.29 is 14.7 Å². The molecule has 0 aromatic rings. The fourth-order valence-electron chi connectivity index (χ4n) is 0.752. The molecule has 2 amide bonds. The number of amides is 2. The Kier molecular flexibility index (Phi) is 5.15. The molecule has 14 heavy (non-hydrogen) atoms. The summed E-state index contributed by atoms with van der Waals surface area (Å²) in [6.45, 7) is 3.12. The van der Waals surface area contributed by atoms with Gasteiger partial charge in [0.15, 0.2) is 0 Å². The number of carbonyl (C=O) groups excluding carboxylic acids is 1. The minimum Gasteiger partial charge on any atom is -0.480 e. The van der Waals surface area contributed by atoms with Crippen molar-refractivity contribution in [3.8, 4) is 12.3 Å². The van der Waals surface area contributed by atoms with E-state index in [1.165, 1.54) is 6.92 Å². The van der Waals surface area contributed by atoms with Crippen molar-refractivity contribution in [3.05, 3.63) is 0 Å². The van der Waals surface area contributed by atoms with E-state index in [1.54, 1.807) is 6.92 Å². The number of terminal acetylenes is 1. The predicted octanol–water partition coefficient (Wildman–Crippen LogP) is 0.170. The van der Waals surface area contributed by atoms with E-state index in [0.29, 0.717) is 6.42 Å². The van der Waals surface area contributed by atoms with Crippen LogP contribution in [0.15, 0.2) is 0 Å². The predicted molar refractivity (Wildman–Crippen MR) is 51.7 cm³/mol. The summed E-state index contributed by atoms with van der Waals surface area (Å²) >= 11 is 0. The highest BCUT2D eigenvalue weighted by atomic mass is 16.4. The first-order chi connectivity index (χ1) is 6.47.